The normalized spacial score (nSPS) is 11.6. The van der Waals surface area contributed by atoms with Crippen LogP contribution in [-0.4, -0.2) is 11.3 Å². The van der Waals surface area contributed by atoms with E-state index in [1.54, 1.807) is 0 Å². The third-order valence-corrected chi connectivity index (χ3v) is 1.37. The third kappa shape index (κ3) is 3.01. The lowest BCUT2D eigenvalue weighted by molar-refractivity contribution is -0.276. The zero-order chi connectivity index (χ0) is 11.6. The smallest absolute Gasteiger partial charge is 0.398 e. The zero-order valence-corrected chi connectivity index (χ0v) is 7.11. The molecule has 0 aliphatic carbocycles. The van der Waals surface area contributed by atoms with Gasteiger partial charge in [-0.2, -0.15) is 4.39 Å². The van der Waals surface area contributed by atoms with Crippen molar-refractivity contribution in [3.63, 3.8) is 0 Å². The van der Waals surface area contributed by atoms with E-state index in [0.29, 0.717) is 6.07 Å². The molecule has 0 spiro atoms. The minimum Gasteiger partial charge on any atom is -0.398 e. The van der Waals surface area contributed by atoms with Crippen molar-refractivity contribution in [2.45, 2.75) is 12.9 Å². The molecule has 8 heteroatoms. The Morgan fingerprint density at radius 2 is 1.93 bits per heavy atom. The van der Waals surface area contributed by atoms with Gasteiger partial charge in [-0.15, -0.1) is 13.2 Å². The fourth-order valence-electron chi connectivity index (χ4n) is 0.831. The number of pyridine rings is 1. The number of nitrogens with two attached hydrogens (primary N) is 1. The molecule has 84 valence electrons. The van der Waals surface area contributed by atoms with Gasteiger partial charge in [0.2, 0.25) is 5.75 Å². The molecule has 2 N–H and O–H groups in total. The van der Waals surface area contributed by atoms with Gasteiger partial charge in [0.1, 0.15) is 0 Å². The first kappa shape index (κ1) is 11.6. The third-order valence-electron chi connectivity index (χ3n) is 1.37. The van der Waals surface area contributed by atoms with Gasteiger partial charge >= 0.3 is 6.36 Å². The first-order valence-electron chi connectivity index (χ1n) is 3.64. The maximum absolute atomic E-state index is 12.9. The molecule has 0 unspecified atom stereocenters. The van der Waals surface area contributed by atoms with Gasteiger partial charge in [0.05, 0.1) is 5.69 Å². The quantitative estimate of drug-likeness (QED) is 0.619. The maximum Gasteiger partial charge on any atom is 0.573 e. The topological polar surface area (TPSA) is 48.1 Å². The number of hydrogen-bond acceptors (Lipinski definition) is 3. The molecule has 15 heavy (non-hydrogen) atoms. The molecular formula is C7H5F5N2O. The molecule has 1 heterocycles. The number of halogens is 5. The van der Waals surface area contributed by atoms with Gasteiger partial charge in [-0.3, -0.25) is 0 Å². The second-order valence-electron chi connectivity index (χ2n) is 2.47. The molecule has 0 aliphatic rings. The van der Waals surface area contributed by atoms with Crippen LogP contribution >= 0.6 is 0 Å². The molecule has 0 amide bonds. The molecule has 1 aromatic heterocycles. The van der Waals surface area contributed by atoms with Gasteiger partial charge in [0.15, 0.2) is 5.82 Å². The van der Waals surface area contributed by atoms with Gasteiger partial charge in [-0.05, 0) is 0 Å². The molecule has 0 radical (unpaired) electrons. The van der Waals surface area contributed by atoms with Crippen LogP contribution in [-0.2, 0) is 6.54 Å². The molecule has 3 nitrogen and oxygen atoms in total. The Morgan fingerprint density at radius 1 is 1.33 bits per heavy atom. The van der Waals surface area contributed by atoms with Crippen LogP contribution in [0.5, 0.6) is 5.75 Å². The standard InChI is InChI=1S/C7H5F5N2O/c8-4-1-3(2-13)14-6(9)5(4)15-7(10,11)12/h1H,2,13H2. The van der Waals surface area contributed by atoms with E-state index in [1.807, 2.05) is 0 Å². The lowest BCUT2D eigenvalue weighted by Crippen LogP contribution is -2.19. The van der Waals surface area contributed by atoms with E-state index in [-0.39, 0.29) is 12.2 Å². The van der Waals surface area contributed by atoms with Gasteiger partial charge in [-0.25, -0.2) is 9.37 Å². The lowest BCUT2D eigenvalue weighted by Gasteiger charge is -2.10. The largest absolute Gasteiger partial charge is 0.573 e. The highest BCUT2D eigenvalue weighted by Gasteiger charge is 2.34. The van der Waals surface area contributed by atoms with Crippen LogP contribution < -0.4 is 10.5 Å². The lowest BCUT2D eigenvalue weighted by atomic mass is 10.3. The molecule has 0 atom stereocenters. The van der Waals surface area contributed by atoms with Crippen LogP contribution in [0.15, 0.2) is 6.07 Å². The molecule has 0 saturated heterocycles. The Labute approximate surface area is 80.7 Å². The summed E-state index contributed by atoms with van der Waals surface area (Å²) < 4.78 is 63.8. The van der Waals surface area contributed by atoms with Crippen molar-refractivity contribution >= 4 is 0 Å². The molecule has 0 aromatic carbocycles. The van der Waals surface area contributed by atoms with E-state index in [9.17, 15) is 22.0 Å². The SMILES string of the molecule is NCc1cc(F)c(OC(F)(F)F)c(F)n1. The predicted octanol–water partition coefficient (Wildman–Crippen LogP) is 1.72. The van der Waals surface area contributed by atoms with E-state index in [4.69, 9.17) is 5.73 Å². The Balaban J connectivity index is 3.09. The van der Waals surface area contributed by atoms with Crippen LogP contribution in [0.2, 0.25) is 0 Å². The summed E-state index contributed by atoms with van der Waals surface area (Å²) in [5, 5.41) is 0. The number of aromatic nitrogens is 1. The summed E-state index contributed by atoms with van der Waals surface area (Å²) in [4.78, 5) is 2.98. The molecule has 0 aliphatic heterocycles. The van der Waals surface area contributed by atoms with Crippen LogP contribution in [0.3, 0.4) is 0 Å². The molecule has 1 aromatic rings. The first-order valence-corrected chi connectivity index (χ1v) is 3.64. The van der Waals surface area contributed by atoms with Crippen molar-refractivity contribution in [3.8, 4) is 5.75 Å². The summed E-state index contributed by atoms with van der Waals surface area (Å²) in [6.45, 7) is -0.292. The Kier molecular flexibility index (Phi) is 3.08. The Hall–Kier alpha value is -1.44. The van der Waals surface area contributed by atoms with Gasteiger partial charge in [0, 0.05) is 12.6 Å². The van der Waals surface area contributed by atoms with Crippen molar-refractivity contribution in [2.75, 3.05) is 0 Å². The summed E-state index contributed by atoms with van der Waals surface area (Å²) in [5.41, 5.74) is 4.80. The summed E-state index contributed by atoms with van der Waals surface area (Å²) >= 11 is 0. The summed E-state index contributed by atoms with van der Waals surface area (Å²) in [5.74, 6) is -4.77. The summed E-state index contributed by atoms with van der Waals surface area (Å²) in [7, 11) is 0. The van der Waals surface area contributed by atoms with Gasteiger partial charge in [-0.1, -0.05) is 0 Å². The van der Waals surface area contributed by atoms with E-state index in [0.717, 1.165) is 0 Å². The summed E-state index contributed by atoms with van der Waals surface area (Å²) in [6.07, 6.45) is -5.17. The highest BCUT2D eigenvalue weighted by atomic mass is 19.4. The van der Waals surface area contributed by atoms with E-state index < -0.39 is 23.9 Å². The number of alkyl halides is 3. The monoisotopic (exact) mass is 228 g/mol. The van der Waals surface area contributed by atoms with Crippen LogP contribution in [0, 0.1) is 11.8 Å². The molecule has 0 bridgehead atoms. The molecule has 0 fully saturated rings. The average Bonchev–Trinajstić information content (AvgIpc) is 2.09. The molecule has 1 rings (SSSR count). The van der Waals surface area contributed by atoms with E-state index in [1.165, 1.54) is 0 Å². The van der Waals surface area contributed by atoms with Crippen LogP contribution in [0.4, 0.5) is 22.0 Å². The van der Waals surface area contributed by atoms with E-state index in [2.05, 4.69) is 9.72 Å². The van der Waals surface area contributed by atoms with Crippen LogP contribution in [0.1, 0.15) is 5.69 Å². The second kappa shape index (κ2) is 3.97. The summed E-state index contributed by atoms with van der Waals surface area (Å²) in [6, 6.07) is 0.574. The Morgan fingerprint density at radius 3 is 2.33 bits per heavy atom. The highest BCUT2D eigenvalue weighted by molar-refractivity contribution is 5.24. The van der Waals surface area contributed by atoms with Crippen LogP contribution in [0.25, 0.3) is 0 Å². The fraction of sp³-hybridized carbons (Fsp3) is 0.286. The first-order chi connectivity index (χ1) is 6.83. The molecular weight excluding hydrogens is 223 g/mol. The minimum absolute atomic E-state index is 0.209. The van der Waals surface area contributed by atoms with Crippen molar-refractivity contribution in [2.24, 2.45) is 5.73 Å². The average molecular weight is 228 g/mol. The number of nitrogens with zero attached hydrogens (tertiary/aromatic N) is 1. The highest BCUT2D eigenvalue weighted by Crippen LogP contribution is 2.27. The van der Waals surface area contributed by atoms with E-state index >= 15 is 0 Å². The predicted molar refractivity (Wildman–Crippen MR) is 38.7 cm³/mol. The minimum atomic E-state index is -5.17. The second-order valence-corrected chi connectivity index (χ2v) is 2.47. The number of hydrogen-bond donors (Lipinski definition) is 1. The van der Waals surface area contributed by atoms with Crippen molar-refractivity contribution in [1.82, 2.24) is 4.98 Å². The fourth-order valence-corrected chi connectivity index (χ4v) is 0.831. The number of rotatable bonds is 2. The Bertz CT molecular complexity index is 342. The number of ether oxygens (including phenoxy) is 1. The van der Waals surface area contributed by atoms with Crippen molar-refractivity contribution < 1.29 is 26.7 Å². The van der Waals surface area contributed by atoms with Crippen molar-refractivity contribution in [1.29, 1.82) is 0 Å². The molecule has 0 saturated carbocycles. The maximum atomic E-state index is 12.9. The van der Waals surface area contributed by atoms with Gasteiger partial charge < -0.3 is 10.5 Å². The zero-order valence-electron chi connectivity index (χ0n) is 7.11. The van der Waals surface area contributed by atoms with Crippen molar-refractivity contribution in [3.05, 3.63) is 23.5 Å². The van der Waals surface area contributed by atoms with Gasteiger partial charge in [0.25, 0.3) is 5.95 Å².